The Morgan fingerprint density at radius 2 is 1.95 bits per heavy atom. The van der Waals surface area contributed by atoms with Gasteiger partial charge in [-0.05, 0) is 66.5 Å². The molecule has 1 amide bonds. The van der Waals surface area contributed by atoms with Gasteiger partial charge in [-0.2, -0.15) is 0 Å². The van der Waals surface area contributed by atoms with Crippen molar-refractivity contribution in [1.82, 2.24) is 4.98 Å². The van der Waals surface area contributed by atoms with E-state index in [0.29, 0.717) is 22.6 Å². The lowest BCUT2D eigenvalue weighted by molar-refractivity contribution is 0.102. The Balaban J connectivity index is 2.30. The Hall–Kier alpha value is -1.88. The summed E-state index contributed by atoms with van der Waals surface area (Å²) in [5, 5.41) is 2.85. The predicted octanol–water partition coefficient (Wildman–Crippen LogP) is 3.60. The second kappa shape index (κ2) is 5.63. The van der Waals surface area contributed by atoms with Crippen molar-refractivity contribution >= 4 is 33.2 Å². The van der Waals surface area contributed by atoms with Crippen molar-refractivity contribution in [3.63, 3.8) is 0 Å². The number of halogens is 1. The lowest BCUT2D eigenvalue weighted by Gasteiger charge is -2.11. The normalized spacial score (nSPS) is 10.4. The molecule has 1 aromatic heterocycles. The Morgan fingerprint density at radius 3 is 2.60 bits per heavy atom. The van der Waals surface area contributed by atoms with Crippen LogP contribution in [0, 0.1) is 20.8 Å². The fraction of sp³-hybridized carbons (Fsp3) is 0.200. The van der Waals surface area contributed by atoms with Gasteiger partial charge in [0.05, 0.1) is 16.9 Å². The third-order valence-electron chi connectivity index (χ3n) is 3.07. The van der Waals surface area contributed by atoms with E-state index < -0.39 is 0 Å². The molecule has 20 heavy (non-hydrogen) atoms. The number of anilines is 2. The standard InChI is InChI=1S/C15H16BrN3O/c1-8-6-12(16)14(7-13(8)17)19-15(20)11-5-4-9(2)18-10(11)3/h4-7H,17H2,1-3H3,(H,19,20). The van der Waals surface area contributed by atoms with Crippen LogP contribution in [0.2, 0.25) is 0 Å². The van der Waals surface area contributed by atoms with Gasteiger partial charge in [0.2, 0.25) is 0 Å². The van der Waals surface area contributed by atoms with Crippen molar-refractivity contribution in [3.8, 4) is 0 Å². The van der Waals surface area contributed by atoms with E-state index in [1.54, 1.807) is 12.1 Å². The molecule has 0 aliphatic heterocycles. The quantitative estimate of drug-likeness (QED) is 0.825. The van der Waals surface area contributed by atoms with E-state index in [1.165, 1.54) is 0 Å². The van der Waals surface area contributed by atoms with E-state index in [9.17, 15) is 4.79 Å². The minimum absolute atomic E-state index is 0.195. The number of rotatable bonds is 2. The van der Waals surface area contributed by atoms with E-state index in [2.05, 4.69) is 26.2 Å². The highest BCUT2D eigenvalue weighted by Crippen LogP contribution is 2.28. The zero-order valence-electron chi connectivity index (χ0n) is 11.6. The molecule has 0 aliphatic rings. The first-order valence-corrected chi connectivity index (χ1v) is 6.99. The van der Waals surface area contributed by atoms with Gasteiger partial charge in [0, 0.05) is 15.9 Å². The number of aromatic nitrogens is 1. The van der Waals surface area contributed by atoms with Gasteiger partial charge < -0.3 is 11.1 Å². The van der Waals surface area contributed by atoms with Crippen molar-refractivity contribution in [2.75, 3.05) is 11.1 Å². The van der Waals surface area contributed by atoms with Crippen molar-refractivity contribution in [2.24, 2.45) is 0 Å². The first-order chi connectivity index (χ1) is 9.38. The van der Waals surface area contributed by atoms with Gasteiger partial charge in [-0.3, -0.25) is 9.78 Å². The lowest BCUT2D eigenvalue weighted by atomic mass is 10.1. The minimum atomic E-state index is -0.195. The Labute approximate surface area is 126 Å². The topological polar surface area (TPSA) is 68.0 Å². The number of amides is 1. The number of benzene rings is 1. The number of aryl methyl sites for hydroxylation is 3. The van der Waals surface area contributed by atoms with Crippen molar-refractivity contribution < 1.29 is 4.79 Å². The molecule has 2 aromatic rings. The molecule has 4 nitrogen and oxygen atoms in total. The average Bonchev–Trinajstić information content (AvgIpc) is 2.35. The maximum absolute atomic E-state index is 12.3. The van der Waals surface area contributed by atoms with E-state index in [0.717, 1.165) is 15.7 Å². The molecular weight excluding hydrogens is 318 g/mol. The summed E-state index contributed by atoms with van der Waals surface area (Å²) < 4.78 is 0.801. The Morgan fingerprint density at radius 1 is 1.25 bits per heavy atom. The van der Waals surface area contributed by atoms with Gasteiger partial charge in [-0.1, -0.05) is 0 Å². The van der Waals surface area contributed by atoms with Crippen LogP contribution in [0.15, 0.2) is 28.7 Å². The summed E-state index contributed by atoms with van der Waals surface area (Å²) in [6.07, 6.45) is 0. The number of pyridine rings is 1. The van der Waals surface area contributed by atoms with Crippen LogP contribution in [0.3, 0.4) is 0 Å². The largest absolute Gasteiger partial charge is 0.398 e. The second-order valence-corrected chi connectivity index (χ2v) is 5.58. The van der Waals surface area contributed by atoms with E-state index in [4.69, 9.17) is 5.73 Å². The number of nitrogen functional groups attached to an aromatic ring is 1. The average molecular weight is 334 g/mol. The maximum Gasteiger partial charge on any atom is 0.257 e. The van der Waals surface area contributed by atoms with Crippen LogP contribution in [0.25, 0.3) is 0 Å². The zero-order chi connectivity index (χ0) is 14.9. The number of hydrogen-bond acceptors (Lipinski definition) is 3. The maximum atomic E-state index is 12.3. The fourth-order valence-electron chi connectivity index (χ4n) is 1.90. The molecular formula is C15H16BrN3O. The minimum Gasteiger partial charge on any atom is -0.398 e. The summed E-state index contributed by atoms with van der Waals surface area (Å²) in [5.74, 6) is -0.195. The Bertz CT molecular complexity index is 683. The monoisotopic (exact) mass is 333 g/mol. The van der Waals surface area contributed by atoms with E-state index in [-0.39, 0.29) is 5.91 Å². The van der Waals surface area contributed by atoms with Gasteiger partial charge >= 0.3 is 0 Å². The SMILES string of the molecule is Cc1ccc(C(=O)Nc2cc(N)c(C)cc2Br)c(C)n1. The van der Waals surface area contributed by atoms with Crippen LogP contribution in [0.4, 0.5) is 11.4 Å². The summed E-state index contributed by atoms with van der Waals surface area (Å²) in [7, 11) is 0. The van der Waals surface area contributed by atoms with Crippen molar-refractivity contribution in [2.45, 2.75) is 20.8 Å². The van der Waals surface area contributed by atoms with Gasteiger partial charge in [0.15, 0.2) is 0 Å². The number of nitrogens with one attached hydrogen (secondary N) is 1. The van der Waals surface area contributed by atoms with Crippen LogP contribution >= 0.6 is 15.9 Å². The number of carbonyl (C=O) groups excluding carboxylic acids is 1. The molecule has 0 saturated heterocycles. The van der Waals surface area contributed by atoms with Crippen LogP contribution in [0.5, 0.6) is 0 Å². The molecule has 2 rings (SSSR count). The van der Waals surface area contributed by atoms with E-state index >= 15 is 0 Å². The Kier molecular flexibility index (Phi) is 4.09. The van der Waals surface area contributed by atoms with Gasteiger partial charge in [0.1, 0.15) is 0 Å². The second-order valence-electron chi connectivity index (χ2n) is 4.73. The van der Waals surface area contributed by atoms with Crippen LogP contribution in [0.1, 0.15) is 27.3 Å². The molecule has 0 unspecified atom stereocenters. The van der Waals surface area contributed by atoms with Crippen LogP contribution < -0.4 is 11.1 Å². The lowest BCUT2D eigenvalue weighted by Crippen LogP contribution is -2.15. The van der Waals surface area contributed by atoms with Gasteiger partial charge in [-0.15, -0.1) is 0 Å². The molecule has 0 aliphatic carbocycles. The molecule has 104 valence electrons. The zero-order valence-corrected chi connectivity index (χ0v) is 13.2. The van der Waals surface area contributed by atoms with Gasteiger partial charge in [0.25, 0.3) is 5.91 Å². The molecule has 5 heteroatoms. The highest BCUT2D eigenvalue weighted by molar-refractivity contribution is 9.10. The third-order valence-corrected chi connectivity index (χ3v) is 3.73. The van der Waals surface area contributed by atoms with Crippen molar-refractivity contribution in [1.29, 1.82) is 0 Å². The number of carbonyl (C=O) groups is 1. The molecule has 0 atom stereocenters. The molecule has 0 bridgehead atoms. The van der Waals surface area contributed by atoms with Crippen molar-refractivity contribution in [3.05, 3.63) is 51.3 Å². The summed E-state index contributed by atoms with van der Waals surface area (Å²) in [4.78, 5) is 16.6. The third kappa shape index (κ3) is 2.99. The molecule has 1 heterocycles. The highest BCUT2D eigenvalue weighted by atomic mass is 79.9. The molecule has 1 aromatic carbocycles. The molecule has 0 radical (unpaired) electrons. The van der Waals surface area contributed by atoms with Crippen LogP contribution in [-0.2, 0) is 0 Å². The van der Waals surface area contributed by atoms with Crippen LogP contribution in [-0.4, -0.2) is 10.9 Å². The fourth-order valence-corrected chi connectivity index (χ4v) is 2.46. The molecule has 0 spiro atoms. The number of nitrogens with two attached hydrogens (primary N) is 1. The first kappa shape index (κ1) is 14.5. The summed E-state index contributed by atoms with van der Waals surface area (Å²) in [6.45, 7) is 5.63. The molecule has 0 fully saturated rings. The highest BCUT2D eigenvalue weighted by Gasteiger charge is 2.12. The summed E-state index contributed by atoms with van der Waals surface area (Å²) >= 11 is 3.43. The smallest absolute Gasteiger partial charge is 0.257 e. The number of hydrogen-bond donors (Lipinski definition) is 2. The number of nitrogens with zero attached hydrogens (tertiary/aromatic N) is 1. The van der Waals surface area contributed by atoms with E-state index in [1.807, 2.05) is 32.9 Å². The summed E-state index contributed by atoms with van der Waals surface area (Å²) in [6, 6.07) is 7.22. The summed E-state index contributed by atoms with van der Waals surface area (Å²) in [5.41, 5.74) is 10.3. The predicted molar refractivity (Wildman–Crippen MR) is 85.0 cm³/mol. The van der Waals surface area contributed by atoms with Gasteiger partial charge in [-0.25, -0.2) is 0 Å². The molecule has 0 saturated carbocycles. The molecule has 3 N–H and O–H groups in total. The first-order valence-electron chi connectivity index (χ1n) is 6.19.